The summed E-state index contributed by atoms with van der Waals surface area (Å²) in [6.07, 6.45) is 3.52. The van der Waals surface area contributed by atoms with Crippen molar-refractivity contribution in [2.45, 2.75) is 25.3 Å². The molecule has 3 rings (SSSR count). The number of rotatable bonds is 3. The lowest BCUT2D eigenvalue weighted by atomic mass is 10.1. The van der Waals surface area contributed by atoms with Crippen LogP contribution in [0.25, 0.3) is 10.9 Å². The molecule has 6 heteroatoms. The Morgan fingerprint density at radius 3 is 2.95 bits per heavy atom. The largest absolute Gasteiger partial charge is 0.481 e. The van der Waals surface area contributed by atoms with Crippen LogP contribution in [0.15, 0.2) is 24.4 Å². The summed E-state index contributed by atoms with van der Waals surface area (Å²) in [6.45, 7) is 0. The van der Waals surface area contributed by atoms with Crippen LogP contribution < -0.4 is 5.32 Å². The van der Waals surface area contributed by atoms with Crippen LogP contribution in [0.3, 0.4) is 0 Å². The molecule has 1 aliphatic rings. The maximum atomic E-state index is 12.2. The second-order valence-electron chi connectivity index (χ2n) is 5.19. The molecule has 1 aromatic carbocycles. The number of amides is 1. The first-order valence-electron chi connectivity index (χ1n) is 6.60. The Labute approximate surface area is 115 Å². The first kappa shape index (κ1) is 12.7. The fourth-order valence-corrected chi connectivity index (χ4v) is 2.69. The lowest BCUT2D eigenvalue weighted by molar-refractivity contribution is -0.141. The highest BCUT2D eigenvalue weighted by Crippen LogP contribution is 2.26. The fourth-order valence-electron chi connectivity index (χ4n) is 2.69. The van der Waals surface area contributed by atoms with Crippen LogP contribution in [0, 0.1) is 5.92 Å². The van der Waals surface area contributed by atoms with Gasteiger partial charge in [-0.25, -0.2) is 0 Å². The Morgan fingerprint density at radius 2 is 2.20 bits per heavy atom. The number of fused-ring (bicyclic) bond motifs is 1. The third kappa shape index (κ3) is 2.36. The average molecular weight is 273 g/mol. The van der Waals surface area contributed by atoms with Crippen molar-refractivity contribution in [1.29, 1.82) is 0 Å². The van der Waals surface area contributed by atoms with Gasteiger partial charge < -0.3 is 10.4 Å². The number of carbonyl (C=O) groups excluding carboxylic acids is 1. The van der Waals surface area contributed by atoms with Gasteiger partial charge in [0.1, 0.15) is 0 Å². The van der Waals surface area contributed by atoms with Crippen LogP contribution in [-0.2, 0) is 4.79 Å². The van der Waals surface area contributed by atoms with Crippen LogP contribution in [0.5, 0.6) is 0 Å². The van der Waals surface area contributed by atoms with Gasteiger partial charge in [0.05, 0.1) is 17.6 Å². The predicted octanol–water partition coefficient (Wildman–Crippen LogP) is 1.55. The van der Waals surface area contributed by atoms with E-state index in [-0.39, 0.29) is 17.9 Å². The number of aliphatic carboxylic acids is 1. The van der Waals surface area contributed by atoms with E-state index in [1.165, 1.54) is 0 Å². The summed E-state index contributed by atoms with van der Waals surface area (Å²) in [5.41, 5.74) is 1.45. The first-order chi connectivity index (χ1) is 9.63. The molecule has 2 aromatic rings. The van der Waals surface area contributed by atoms with Crippen LogP contribution >= 0.6 is 0 Å². The standard InChI is InChI=1S/C14H15N3O3/c18-13(16-11-3-1-9(6-11)14(19)20)8-2-4-12-10(5-8)7-15-17-12/h2,4-5,7,9,11H,1,3,6H2,(H,15,17)(H,16,18)(H,19,20). The number of carbonyl (C=O) groups is 2. The molecule has 0 saturated heterocycles. The van der Waals surface area contributed by atoms with E-state index in [2.05, 4.69) is 15.5 Å². The first-order valence-corrected chi connectivity index (χ1v) is 6.60. The molecule has 0 aliphatic heterocycles. The maximum absolute atomic E-state index is 12.2. The summed E-state index contributed by atoms with van der Waals surface area (Å²) in [6, 6.07) is 5.27. The fraction of sp³-hybridized carbons (Fsp3) is 0.357. The molecular weight excluding hydrogens is 258 g/mol. The predicted molar refractivity (Wildman–Crippen MR) is 72.3 cm³/mol. The number of benzene rings is 1. The normalized spacial score (nSPS) is 22.0. The SMILES string of the molecule is O=C(NC1CCC(C(=O)O)C1)c1ccc2[nH]ncc2c1. The Kier molecular flexibility index (Phi) is 3.14. The highest BCUT2D eigenvalue weighted by atomic mass is 16.4. The number of aromatic nitrogens is 2. The maximum Gasteiger partial charge on any atom is 0.306 e. The zero-order valence-electron chi connectivity index (χ0n) is 10.8. The Bertz CT molecular complexity index is 664. The molecule has 0 spiro atoms. The van der Waals surface area contributed by atoms with Crippen molar-refractivity contribution in [1.82, 2.24) is 15.5 Å². The Balaban J connectivity index is 1.68. The van der Waals surface area contributed by atoms with E-state index >= 15 is 0 Å². The van der Waals surface area contributed by atoms with Gasteiger partial charge in [-0.15, -0.1) is 0 Å². The van der Waals surface area contributed by atoms with Crippen LogP contribution in [0.2, 0.25) is 0 Å². The summed E-state index contributed by atoms with van der Waals surface area (Å²) in [5.74, 6) is -1.28. The van der Waals surface area contributed by atoms with E-state index < -0.39 is 5.97 Å². The van der Waals surface area contributed by atoms with Gasteiger partial charge in [-0.2, -0.15) is 5.10 Å². The van der Waals surface area contributed by atoms with Crippen molar-refractivity contribution < 1.29 is 14.7 Å². The molecule has 1 aromatic heterocycles. The number of carboxylic acids is 1. The van der Waals surface area contributed by atoms with Crippen LogP contribution in [-0.4, -0.2) is 33.2 Å². The van der Waals surface area contributed by atoms with Crippen molar-refractivity contribution in [3.8, 4) is 0 Å². The van der Waals surface area contributed by atoms with E-state index in [1.807, 2.05) is 6.07 Å². The summed E-state index contributed by atoms with van der Waals surface area (Å²) in [4.78, 5) is 23.1. The van der Waals surface area contributed by atoms with E-state index in [0.29, 0.717) is 18.4 Å². The Hall–Kier alpha value is -2.37. The van der Waals surface area contributed by atoms with Gasteiger partial charge in [-0.3, -0.25) is 14.7 Å². The molecule has 6 nitrogen and oxygen atoms in total. The van der Waals surface area contributed by atoms with E-state index in [0.717, 1.165) is 17.3 Å². The molecule has 0 radical (unpaired) electrons. The van der Waals surface area contributed by atoms with Crippen LogP contribution in [0.4, 0.5) is 0 Å². The highest BCUT2D eigenvalue weighted by Gasteiger charge is 2.30. The van der Waals surface area contributed by atoms with Crippen molar-refractivity contribution in [3.63, 3.8) is 0 Å². The van der Waals surface area contributed by atoms with Crippen molar-refractivity contribution in [2.24, 2.45) is 5.92 Å². The second-order valence-corrected chi connectivity index (χ2v) is 5.19. The smallest absolute Gasteiger partial charge is 0.306 e. The van der Waals surface area contributed by atoms with Gasteiger partial charge >= 0.3 is 5.97 Å². The van der Waals surface area contributed by atoms with Gasteiger partial charge in [-0.05, 0) is 37.5 Å². The molecule has 1 heterocycles. The summed E-state index contributed by atoms with van der Waals surface area (Å²) in [5, 5.41) is 19.5. The molecule has 1 amide bonds. The van der Waals surface area contributed by atoms with Gasteiger partial charge in [0.2, 0.25) is 0 Å². The number of hydrogen-bond acceptors (Lipinski definition) is 3. The molecule has 1 aliphatic carbocycles. The summed E-state index contributed by atoms with van der Waals surface area (Å²) >= 11 is 0. The number of hydrogen-bond donors (Lipinski definition) is 3. The van der Waals surface area contributed by atoms with Crippen molar-refractivity contribution in [3.05, 3.63) is 30.0 Å². The minimum atomic E-state index is -0.776. The summed E-state index contributed by atoms with van der Waals surface area (Å²) in [7, 11) is 0. The lowest BCUT2D eigenvalue weighted by Gasteiger charge is -2.12. The quantitative estimate of drug-likeness (QED) is 0.790. The molecule has 104 valence electrons. The van der Waals surface area contributed by atoms with Crippen molar-refractivity contribution in [2.75, 3.05) is 0 Å². The molecular formula is C14H15N3O3. The van der Waals surface area contributed by atoms with E-state index in [4.69, 9.17) is 5.11 Å². The zero-order chi connectivity index (χ0) is 14.1. The number of H-pyrrole nitrogens is 1. The topological polar surface area (TPSA) is 95.1 Å². The third-order valence-electron chi connectivity index (χ3n) is 3.82. The highest BCUT2D eigenvalue weighted by molar-refractivity contribution is 5.98. The van der Waals surface area contributed by atoms with Crippen molar-refractivity contribution >= 4 is 22.8 Å². The number of nitrogens with zero attached hydrogens (tertiary/aromatic N) is 1. The molecule has 1 saturated carbocycles. The molecule has 0 bridgehead atoms. The number of aromatic amines is 1. The van der Waals surface area contributed by atoms with Gasteiger partial charge in [-0.1, -0.05) is 0 Å². The number of carboxylic acid groups (broad SMARTS) is 1. The van der Waals surface area contributed by atoms with Gasteiger partial charge in [0.25, 0.3) is 5.91 Å². The van der Waals surface area contributed by atoms with E-state index in [9.17, 15) is 9.59 Å². The number of nitrogens with one attached hydrogen (secondary N) is 2. The zero-order valence-corrected chi connectivity index (χ0v) is 10.8. The minimum absolute atomic E-state index is 0.0522. The van der Waals surface area contributed by atoms with E-state index in [1.54, 1.807) is 18.3 Å². The summed E-state index contributed by atoms with van der Waals surface area (Å²) < 4.78 is 0. The average Bonchev–Trinajstić information content (AvgIpc) is 3.05. The molecule has 3 N–H and O–H groups in total. The third-order valence-corrected chi connectivity index (χ3v) is 3.82. The monoisotopic (exact) mass is 273 g/mol. The molecule has 20 heavy (non-hydrogen) atoms. The molecule has 2 atom stereocenters. The minimum Gasteiger partial charge on any atom is -0.481 e. The van der Waals surface area contributed by atoms with Gasteiger partial charge in [0.15, 0.2) is 0 Å². The second kappa shape index (κ2) is 4.96. The van der Waals surface area contributed by atoms with Gasteiger partial charge in [0, 0.05) is 17.0 Å². The lowest BCUT2D eigenvalue weighted by Crippen LogP contribution is -2.33. The van der Waals surface area contributed by atoms with Crippen LogP contribution in [0.1, 0.15) is 29.6 Å². The Morgan fingerprint density at radius 1 is 1.35 bits per heavy atom. The molecule has 2 unspecified atom stereocenters. The molecule has 1 fully saturated rings.